The van der Waals surface area contributed by atoms with Crippen molar-refractivity contribution >= 4 is 5.82 Å². The first-order valence-corrected chi connectivity index (χ1v) is 8.46. The van der Waals surface area contributed by atoms with Gasteiger partial charge in [-0.05, 0) is 41.3 Å². The maximum atomic E-state index is 10.2. The summed E-state index contributed by atoms with van der Waals surface area (Å²) in [6.07, 6.45) is 0.772. The van der Waals surface area contributed by atoms with Crippen LogP contribution in [0.5, 0.6) is 5.75 Å². The highest BCUT2D eigenvalue weighted by Gasteiger charge is 2.24. The summed E-state index contributed by atoms with van der Waals surface area (Å²) in [6, 6.07) is 19.3. The molecule has 0 saturated carbocycles. The molecular weight excluding hydrogens is 324 g/mol. The lowest BCUT2D eigenvalue weighted by atomic mass is 9.89. The predicted molar refractivity (Wildman–Crippen MR) is 100 cm³/mol. The molecule has 1 atom stereocenters. The van der Waals surface area contributed by atoms with Crippen LogP contribution in [0.1, 0.15) is 28.3 Å². The Balaban J connectivity index is 1.81. The number of hydrogen-bond donors (Lipinski definition) is 3. The Morgan fingerprint density at radius 1 is 1.12 bits per heavy atom. The first kappa shape index (κ1) is 16.1. The van der Waals surface area contributed by atoms with E-state index in [0.29, 0.717) is 16.8 Å². The van der Waals surface area contributed by atoms with Crippen LogP contribution >= 0.6 is 0 Å². The molecule has 4 rings (SSSR count). The Morgan fingerprint density at radius 3 is 2.62 bits per heavy atom. The van der Waals surface area contributed by atoms with Crippen LogP contribution in [0.3, 0.4) is 0 Å². The number of hydrogen-bond acceptors (Lipinski definition) is 5. The van der Waals surface area contributed by atoms with Gasteiger partial charge in [-0.25, -0.2) is 4.98 Å². The summed E-state index contributed by atoms with van der Waals surface area (Å²) < 4.78 is 0. The standard InChI is InChI=1S/C21H18N4O/c22-11-17-16(18-9-13-5-1-2-6-14(13)12-24-18)10-19(25-21(17)23)15-7-3-4-8-20(15)26/h1-8,10,18,24,26H,9,12H2,(H2,23,25). The predicted octanol–water partition coefficient (Wildman–Crippen LogP) is 3.30. The van der Waals surface area contributed by atoms with Crippen LogP contribution in [0.4, 0.5) is 5.82 Å². The fourth-order valence-corrected chi connectivity index (χ4v) is 3.48. The SMILES string of the molecule is N#Cc1c(C2Cc3ccccc3CN2)cc(-c2ccccc2O)nc1N. The molecule has 0 radical (unpaired) electrons. The molecule has 4 N–H and O–H groups in total. The normalized spacial score (nSPS) is 15.9. The Kier molecular flexibility index (Phi) is 4.04. The van der Waals surface area contributed by atoms with Crippen molar-refractivity contribution in [2.24, 2.45) is 0 Å². The number of aromatic nitrogens is 1. The van der Waals surface area contributed by atoms with Crippen molar-refractivity contribution in [2.75, 3.05) is 5.73 Å². The zero-order chi connectivity index (χ0) is 18.1. The molecule has 1 aliphatic rings. The smallest absolute Gasteiger partial charge is 0.142 e. The van der Waals surface area contributed by atoms with E-state index in [0.717, 1.165) is 18.5 Å². The molecule has 0 amide bonds. The molecule has 2 heterocycles. The second-order valence-corrected chi connectivity index (χ2v) is 6.39. The van der Waals surface area contributed by atoms with Gasteiger partial charge in [-0.15, -0.1) is 0 Å². The molecule has 0 saturated heterocycles. The van der Waals surface area contributed by atoms with Crippen LogP contribution in [0, 0.1) is 11.3 Å². The van der Waals surface area contributed by atoms with Crippen molar-refractivity contribution in [3.63, 3.8) is 0 Å². The molecule has 1 aliphatic heterocycles. The molecule has 5 nitrogen and oxygen atoms in total. The number of nitriles is 1. The first-order valence-electron chi connectivity index (χ1n) is 8.46. The van der Waals surface area contributed by atoms with Crippen molar-refractivity contribution < 1.29 is 5.11 Å². The number of anilines is 1. The zero-order valence-electron chi connectivity index (χ0n) is 14.1. The lowest BCUT2D eigenvalue weighted by molar-refractivity contribution is 0.477. The van der Waals surface area contributed by atoms with Crippen LogP contribution < -0.4 is 11.1 Å². The summed E-state index contributed by atoms with van der Waals surface area (Å²) in [5.41, 5.74) is 11.0. The summed E-state index contributed by atoms with van der Waals surface area (Å²) in [5.74, 6) is 0.320. The van der Waals surface area contributed by atoms with Crippen LogP contribution in [0.2, 0.25) is 0 Å². The lowest BCUT2D eigenvalue weighted by Gasteiger charge is -2.27. The van der Waals surface area contributed by atoms with E-state index >= 15 is 0 Å². The monoisotopic (exact) mass is 342 g/mol. The third-order valence-electron chi connectivity index (χ3n) is 4.83. The summed E-state index contributed by atoms with van der Waals surface area (Å²) >= 11 is 0. The molecule has 128 valence electrons. The molecule has 1 aromatic heterocycles. The summed E-state index contributed by atoms with van der Waals surface area (Å²) in [7, 11) is 0. The highest BCUT2D eigenvalue weighted by atomic mass is 16.3. The van der Waals surface area contributed by atoms with E-state index in [2.05, 4.69) is 28.5 Å². The second-order valence-electron chi connectivity index (χ2n) is 6.39. The van der Waals surface area contributed by atoms with E-state index in [1.807, 2.05) is 24.3 Å². The van der Waals surface area contributed by atoms with Gasteiger partial charge < -0.3 is 16.2 Å². The zero-order valence-corrected chi connectivity index (χ0v) is 14.1. The third-order valence-corrected chi connectivity index (χ3v) is 4.83. The molecule has 26 heavy (non-hydrogen) atoms. The minimum Gasteiger partial charge on any atom is -0.507 e. The van der Waals surface area contributed by atoms with Crippen LogP contribution in [0.15, 0.2) is 54.6 Å². The molecule has 0 fully saturated rings. The number of aromatic hydroxyl groups is 1. The van der Waals surface area contributed by atoms with Gasteiger partial charge in [-0.3, -0.25) is 0 Å². The van der Waals surface area contributed by atoms with E-state index in [1.54, 1.807) is 18.2 Å². The van der Waals surface area contributed by atoms with Crippen LogP contribution in [-0.4, -0.2) is 10.1 Å². The van der Waals surface area contributed by atoms with Gasteiger partial charge in [0.05, 0.1) is 11.3 Å². The molecule has 2 aromatic carbocycles. The van der Waals surface area contributed by atoms with Crippen LogP contribution in [-0.2, 0) is 13.0 Å². The number of para-hydroxylation sites is 1. The largest absolute Gasteiger partial charge is 0.507 e. The van der Waals surface area contributed by atoms with Crippen LogP contribution in [0.25, 0.3) is 11.3 Å². The number of nitrogen functional groups attached to an aromatic ring is 1. The highest BCUT2D eigenvalue weighted by Crippen LogP contribution is 2.34. The topological polar surface area (TPSA) is 95.0 Å². The van der Waals surface area contributed by atoms with E-state index in [1.165, 1.54) is 11.1 Å². The average molecular weight is 342 g/mol. The number of nitrogens with zero attached hydrogens (tertiary/aromatic N) is 2. The van der Waals surface area contributed by atoms with E-state index in [4.69, 9.17) is 5.73 Å². The van der Waals surface area contributed by atoms with Crippen molar-refractivity contribution in [1.29, 1.82) is 5.26 Å². The molecule has 1 unspecified atom stereocenters. The fraction of sp³-hybridized carbons (Fsp3) is 0.143. The van der Waals surface area contributed by atoms with Gasteiger partial charge >= 0.3 is 0 Å². The quantitative estimate of drug-likeness (QED) is 0.664. The van der Waals surface area contributed by atoms with Gasteiger partial charge in [0.25, 0.3) is 0 Å². The molecule has 0 spiro atoms. The minimum atomic E-state index is -0.0329. The number of rotatable bonds is 2. The second kappa shape index (κ2) is 6.51. The molecule has 5 heteroatoms. The maximum absolute atomic E-state index is 10.2. The lowest BCUT2D eigenvalue weighted by Crippen LogP contribution is -2.29. The molecular formula is C21H18N4O. The molecule has 0 aliphatic carbocycles. The number of phenols is 1. The van der Waals surface area contributed by atoms with Crippen molar-refractivity contribution in [3.05, 3.63) is 76.9 Å². The fourth-order valence-electron chi connectivity index (χ4n) is 3.48. The maximum Gasteiger partial charge on any atom is 0.142 e. The summed E-state index contributed by atoms with van der Waals surface area (Å²) in [6.45, 7) is 0.736. The summed E-state index contributed by atoms with van der Waals surface area (Å²) in [5, 5.41) is 23.2. The molecule has 0 bridgehead atoms. The number of pyridine rings is 1. The number of nitrogens with two attached hydrogens (primary N) is 1. The highest BCUT2D eigenvalue weighted by molar-refractivity contribution is 5.71. The van der Waals surface area contributed by atoms with Gasteiger partial charge in [0.1, 0.15) is 17.6 Å². The summed E-state index contributed by atoms with van der Waals surface area (Å²) in [4.78, 5) is 4.34. The Morgan fingerprint density at radius 2 is 1.85 bits per heavy atom. The van der Waals surface area contributed by atoms with Gasteiger partial charge in [-0.1, -0.05) is 36.4 Å². The van der Waals surface area contributed by atoms with Crippen molar-refractivity contribution in [1.82, 2.24) is 10.3 Å². The Bertz CT molecular complexity index is 1020. The minimum absolute atomic E-state index is 0.0329. The Labute approximate surface area is 151 Å². The van der Waals surface area contributed by atoms with Crippen molar-refractivity contribution in [2.45, 2.75) is 19.0 Å². The van der Waals surface area contributed by atoms with Gasteiger partial charge in [0, 0.05) is 18.2 Å². The van der Waals surface area contributed by atoms with Gasteiger partial charge in [0.2, 0.25) is 0 Å². The van der Waals surface area contributed by atoms with E-state index < -0.39 is 0 Å². The van der Waals surface area contributed by atoms with Gasteiger partial charge in [0.15, 0.2) is 0 Å². The van der Waals surface area contributed by atoms with Crippen molar-refractivity contribution in [3.8, 4) is 23.1 Å². The number of fused-ring (bicyclic) bond motifs is 1. The number of phenolic OH excluding ortho intramolecular Hbond substituents is 1. The number of nitrogens with one attached hydrogen (secondary N) is 1. The average Bonchev–Trinajstić information content (AvgIpc) is 2.67. The first-order chi connectivity index (χ1) is 12.7. The van der Waals surface area contributed by atoms with E-state index in [-0.39, 0.29) is 17.6 Å². The van der Waals surface area contributed by atoms with Gasteiger partial charge in [-0.2, -0.15) is 5.26 Å². The third kappa shape index (κ3) is 2.77. The Hall–Kier alpha value is -3.36. The number of benzene rings is 2. The van der Waals surface area contributed by atoms with E-state index in [9.17, 15) is 10.4 Å². The molecule has 3 aromatic rings.